The van der Waals surface area contributed by atoms with Crippen LogP contribution in [-0.2, 0) is 6.18 Å². The molecule has 22 heavy (non-hydrogen) atoms. The van der Waals surface area contributed by atoms with Crippen molar-refractivity contribution in [3.05, 3.63) is 42.1 Å². The lowest BCUT2D eigenvalue weighted by Gasteiger charge is -2.20. The van der Waals surface area contributed by atoms with Crippen molar-refractivity contribution in [3.63, 3.8) is 0 Å². The summed E-state index contributed by atoms with van der Waals surface area (Å²) in [6.07, 6.45) is -2.79. The van der Waals surface area contributed by atoms with Crippen molar-refractivity contribution in [2.75, 3.05) is 23.3 Å². The Morgan fingerprint density at radius 1 is 1.14 bits per heavy atom. The van der Waals surface area contributed by atoms with Gasteiger partial charge in [-0.1, -0.05) is 6.07 Å². The lowest BCUT2D eigenvalue weighted by molar-refractivity contribution is -0.137. The number of nitrogens with one attached hydrogen (secondary N) is 1. The van der Waals surface area contributed by atoms with Crippen LogP contribution in [0.1, 0.15) is 19.4 Å². The first-order chi connectivity index (χ1) is 10.4. The topological polar surface area (TPSA) is 41.1 Å². The zero-order chi connectivity index (χ0) is 16.2. The van der Waals surface area contributed by atoms with Crippen LogP contribution in [0.3, 0.4) is 0 Å². The Bertz CT molecular complexity index is 624. The minimum absolute atomic E-state index is 0.267. The summed E-state index contributed by atoms with van der Waals surface area (Å²) in [6, 6.07) is 6.72. The molecule has 0 aliphatic heterocycles. The lowest BCUT2D eigenvalue weighted by atomic mass is 10.2. The molecule has 0 spiro atoms. The van der Waals surface area contributed by atoms with Gasteiger partial charge in [-0.2, -0.15) is 18.2 Å². The predicted octanol–water partition coefficient (Wildman–Crippen LogP) is 4.09. The summed E-state index contributed by atoms with van der Waals surface area (Å²) in [6.45, 7) is 5.59. The molecular formula is C15H17F3N4. The summed E-state index contributed by atoms with van der Waals surface area (Å²) in [4.78, 5) is 10.4. The van der Waals surface area contributed by atoms with E-state index in [2.05, 4.69) is 15.3 Å². The first kappa shape index (κ1) is 16.1. The molecule has 1 heterocycles. The van der Waals surface area contributed by atoms with Gasteiger partial charge in [0.25, 0.3) is 0 Å². The fourth-order valence-electron chi connectivity index (χ4n) is 2.04. The smallest absolute Gasteiger partial charge is 0.357 e. The van der Waals surface area contributed by atoms with Crippen LogP contribution in [0.5, 0.6) is 0 Å². The van der Waals surface area contributed by atoms with E-state index < -0.39 is 11.7 Å². The molecule has 0 aliphatic rings. The Balaban J connectivity index is 2.22. The second-order valence-electron chi connectivity index (χ2n) is 4.61. The first-order valence-corrected chi connectivity index (χ1v) is 6.96. The molecule has 0 saturated carbocycles. The van der Waals surface area contributed by atoms with Crippen molar-refractivity contribution < 1.29 is 13.2 Å². The Labute approximate surface area is 127 Å². The van der Waals surface area contributed by atoms with Gasteiger partial charge in [0.2, 0.25) is 5.95 Å². The largest absolute Gasteiger partial charge is 0.416 e. The third-order valence-electron chi connectivity index (χ3n) is 3.17. The number of halogens is 3. The summed E-state index contributed by atoms with van der Waals surface area (Å²) < 4.78 is 38.1. The van der Waals surface area contributed by atoms with E-state index in [0.29, 0.717) is 5.69 Å². The summed E-state index contributed by atoms with van der Waals surface area (Å²) >= 11 is 0. The van der Waals surface area contributed by atoms with Gasteiger partial charge in [0, 0.05) is 25.0 Å². The van der Waals surface area contributed by atoms with Crippen LogP contribution in [0.25, 0.3) is 0 Å². The maximum absolute atomic E-state index is 12.7. The number of alkyl halides is 3. The highest BCUT2D eigenvalue weighted by atomic mass is 19.4. The van der Waals surface area contributed by atoms with E-state index in [0.717, 1.165) is 31.0 Å². The average Bonchev–Trinajstić information content (AvgIpc) is 2.48. The molecule has 0 unspecified atom stereocenters. The molecule has 4 nitrogen and oxygen atoms in total. The molecule has 118 valence electrons. The molecule has 0 saturated heterocycles. The Kier molecular flexibility index (Phi) is 4.85. The van der Waals surface area contributed by atoms with Gasteiger partial charge in [-0.15, -0.1) is 0 Å². The molecular weight excluding hydrogens is 293 g/mol. The van der Waals surface area contributed by atoms with Crippen molar-refractivity contribution in [1.29, 1.82) is 0 Å². The van der Waals surface area contributed by atoms with E-state index in [4.69, 9.17) is 0 Å². The standard InChI is InChI=1S/C15H17F3N4/c1-3-22(4-2)13-8-9-19-14(21-13)20-12-7-5-6-11(10-12)15(16,17)18/h5-10H,3-4H2,1-2H3,(H,19,20,21). The van der Waals surface area contributed by atoms with Gasteiger partial charge in [0.15, 0.2) is 0 Å². The van der Waals surface area contributed by atoms with Crippen molar-refractivity contribution in [2.45, 2.75) is 20.0 Å². The molecule has 1 N–H and O–H groups in total. The number of hydrogen-bond acceptors (Lipinski definition) is 4. The predicted molar refractivity (Wildman–Crippen MR) is 80.3 cm³/mol. The third-order valence-corrected chi connectivity index (χ3v) is 3.17. The van der Waals surface area contributed by atoms with E-state index in [1.165, 1.54) is 6.07 Å². The van der Waals surface area contributed by atoms with Crippen molar-refractivity contribution in [1.82, 2.24) is 9.97 Å². The molecule has 0 radical (unpaired) electrons. The number of hydrogen-bond donors (Lipinski definition) is 1. The first-order valence-electron chi connectivity index (χ1n) is 6.96. The van der Waals surface area contributed by atoms with E-state index in [1.807, 2.05) is 18.7 Å². The molecule has 1 aromatic carbocycles. The maximum atomic E-state index is 12.7. The minimum atomic E-state index is -4.37. The second-order valence-corrected chi connectivity index (χ2v) is 4.61. The van der Waals surface area contributed by atoms with Gasteiger partial charge in [0.1, 0.15) is 5.82 Å². The zero-order valence-corrected chi connectivity index (χ0v) is 12.4. The molecule has 2 rings (SSSR count). The summed E-state index contributed by atoms with van der Waals surface area (Å²) in [5.74, 6) is 0.998. The van der Waals surface area contributed by atoms with E-state index in [-0.39, 0.29) is 5.95 Å². The van der Waals surface area contributed by atoms with Crippen LogP contribution in [0.15, 0.2) is 36.5 Å². The van der Waals surface area contributed by atoms with Crippen LogP contribution in [0.4, 0.5) is 30.6 Å². The summed E-state index contributed by atoms with van der Waals surface area (Å²) in [5, 5.41) is 2.81. The Hall–Kier alpha value is -2.31. The highest BCUT2D eigenvalue weighted by Crippen LogP contribution is 2.31. The number of benzene rings is 1. The van der Waals surface area contributed by atoms with Gasteiger partial charge in [-0.3, -0.25) is 0 Å². The van der Waals surface area contributed by atoms with Gasteiger partial charge in [-0.25, -0.2) is 4.98 Å². The van der Waals surface area contributed by atoms with Gasteiger partial charge in [-0.05, 0) is 38.1 Å². The number of nitrogens with zero attached hydrogens (tertiary/aromatic N) is 3. The highest BCUT2D eigenvalue weighted by molar-refractivity contribution is 5.56. The normalized spacial score (nSPS) is 11.3. The Morgan fingerprint density at radius 3 is 2.50 bits per heavy atom. The molecule has 0 bridgehead atoms. The number of aromatic nitrogens is 2. The fourth-order valence-corrected chi connectivity index (χ4v) is 2.04. The van der Waals surface area contributed by atoms with Gasteiger partial charge < -0.3 is 10.2 Å². The molecule has 2 aromatic rings. The van der Waals surface area contributed by atoms with Gasteiger partial charge in [0.05, 0.1) is 5.56 Å². The lowest BCUT2D eigenvalue weighted by Crippen LogP contribution is -2.23. The van der Waals surface area contributed by atoms with Crippen molar-refractivity contribution in [2.24, 2.45) is 0 Å². The van der Waals surface area contributed by atoms with Crippen molar-refractivity contribution in [3.8, 4) is 0 Å². The molecule has 7 heteroatoms. The van der Waals surface area contributed by atoms with Crippen LogP contribution < -0.4 is 10.2 Å². The minimum Gasteiger partial charge on any atom is -0.357 e. The zero-order valence-electron chi connectivity index (χ0n) is 12.4. The second kappa shape index (κ2) is 6.64. The molecule has 0 atom stereocenters. The van der Waals surface area contributed by atoms with E-state index >= 15 is 0 Å². The molecule has 1 aromatic heterocycles. The van der Waals surface area contributed by atoms with Crippen LogP contribution in [0, 0.1) is 0 Å². The van der Waals surface area contributed by atoms with Crippen LogP contribution in [0.2, 0.25) is 0 Å². The van der Waals surface area contributed by atoms with Crippen LogP contribution in [-0.4, -0.2) is 23.1 Å². The number of anilines is 3. The average molecular weight is 310 g/mol. The maximum Gasteiger partial charge on any atom is 0.416 e. The highest BCUT2D eigenvalue weighted by Gasteiger charge is 2.30. The monoisotopic (exact) mass is 310 g/mol. The number of rotatable bonds is 5. The third kappa shape index (κ3) is 3.87. The SMILES string of the molecule is CCN(CC)c1ccnc(Nc2cccc(C(F)(F)F)c2)n1. The molecule has 0 amide bonds. The molecule has 0 aliphatic carbocycles. The Morgan fingerprint density at radius 2 is 1.86 bits per heavy atom. The van der Waals surface area contributed by atoms with Crippen LogP contribution >= 0.6 is 0 Å². The van der Waals surface area contributed by atoms with Gasteiger partial charge >= 0.3 is 6.18 Å². The van der Waals surface area contributed by atoms with E-state index in [9.17, 15) is 13.2 Å². The summed E-state index contributed by atoms with van der Waals surface area (Å²) in [5.41, 5.74) is -0.413. The van der Waals surface area contributed by atoms with E-state index in [1.54, 1.807) is 18.3 Å². The fraction of sp³-hybridized carbons (Fsp3) is 0.333. The molecule has 0 fully saturated rings. The summed E-state index contributed by atoms with van der Waals surface area (Å²) in [7, 11) is 0. The quantitative estimate of drug-likeness (QED) is 0.903. The van der Waals surface area contributed by atoms with Crippen molar-refractivity contribution >= 4 is 17.5 Å².